The van der Waals surface area contributed by atoms with Crippen molar-refractivity contribution in [3.8, 4) is 0 Å². The summed E-state index contributed by atoms with van der Waals surface area (Å²) in [6.07, 6.45) is 2.02. The highest BCUT2D eigenvalue weighted by molar-refractivity contribution is 5.75. The summed E-state index contributed by atoms with van der Waals surface area (Å²) < 4.78 is 0. The average Bonchev–Trinajstić information content (AvgIpc) is 2.91. The third-order valence-electron chi connectivity index (χ3n) is 4.09. The predicted molar refractivity (Wildman–Crippen MR) is 84.0 cm³/mol. The Kier molecular flexibility index (Phi) is 3.91. The van der Waals surface area contributed by atoms with Crippen LogP contribution in [0.25, 0.3) is 0 Å². The van der Waals surface area contributed by atoms with Crippen molar-refractivity contribution >= 4 is 6.03 Å². The second-order valence-corrected chi connectivity index (χ2v) is 5.54. The fourth-order valence-corrected chi connectivity index (χ4v) is 2.93. The molecule has 2 N–H and O–H groups in total. The maximum Gasteiger partial charge on any atom is 0.315 e. The van der Waals surface area contributed by atoms with E-state index in [0.29, 0.717) is 0 Å². The van der Waals surface area contributed by atoms with Crippen molar-refractivity contribution in [2.45, 2.75) is 31.8 Å². The lowest BCUT2D eigenvalue weighted by Gasteiger charge is -2.18. The maximum absolute atomic E-state index is 12.2. The van der Waals surface area contributed by atoms with E-state index in [9.17, 15) is 4.79 Å². The Morgan fingerprint density at radius 1 is 1.10 bits per heavy atom. The van der Waals surface area contributed by atoms with Gasteiger partial charge in [0, 0.05) is 0 Å². The Labute approximate surface area is 125 Å². The molecule has 3 rings (SSSR count). The van der Waals surface area contributed by atoms with Gasteiger partial charge < -0.3 is 10.6 Å². The summed E-state index contributed by atoms with van der Waals surface area (Å²) in [6, 6.07) is 18.4. The van der Waals surface area contributed by atoms with E-state index in [2.05, 4.69) is 28.8 Å². The van der Waals surface area contributed by atoms with Crippen molar-refractivity contribution in [3.63, 3.8) is 0 Å². The van der Waals surface area contributed by atoms with Crippen molar-refractivity contribution in [2.24, 2.45) is 0 Å². The summed E-state index contributed by atoms with van der Waals surface area (Å²) in [7, 11) is 0. The SMILES string of the molecule is CC(NC(=O)NC1CCc2ccccc21)c1ccccc1. The number of hydrogen-bond donors (Lipinski definition) is 2. The lowest BCUT2D eigenvalue weighted by Crippen LogP contribution is -2.38. The third-order valence-corrected chi connectivity index (χ3v) is 4.09. The van der Waals surface area contributed by atoms with Gasteiger partial charge in [0.25, 0.3) is 0 Å². The standard InChI is InChI=1S/C18H20N2O/c1-13(14-7-3-2-4-8-14)19-18(21)20-17-12-11-15-9-5-6-10-16(15)17/h2-10,13,17H,11-12H2,1H3,(H2,19,20,21). The molecule has 0 heterocycles. The Hall–Kier alpha value is -2.29. The minimum atomic E-state index is -0.104. The van der Waals surface area contributed by atoms with E-state index >= 15 is 0 Å². The number of urea groups is 1. The Morgan fingerprint density at radius 3 is 2.62 bits per heavy atom. The maximum atomic E-state index is 12.2. The van der Waals surface area contributed by atoms with Crippen LogP contribution in [0.3, 0.4) is 0 Å². The zero-order valence-electron chi connectivity index (χ0n) is 12.2. The number of benzene rings is 2. The smallest absolute Gasteiger partial charge is 0.315 e. The average molecular weight is 280 g/mol. The van der Waals surface area contributed by atoms with Gasteiger partial charge in [0.05, 0.1) is 12.1 Å². The molecule has 108 valence electrons. The zero-order chi connectivity index (χ0) is 14.7. The molecular weight excluding hydrogens is 260 g/mol. The highest BCUT2D eigenvalue weighted by Gasteiger charge is 2.23. The number of fused-ring (bicyclic) bond motifs is 1. The van der Waals surface area contributed by atoms with Gasteiger partial charge in [0.2, 0.25) is 0 Å². The number of carbonyl (C=O) groups is 1. The normalized spacial score (nSPS) is 17.9. The van der Waals surface area contributed by atoms with Crippen LogP contribution in [-0.2, 0) is 6.42 Å². The Bertz CT molecular complexity index is 624. The minimum Gasteiger partial charge on any atom is -0.332 e. The monoisotopic (exact) mass is 280 g/mol. The van der Waals surface area contributed by atoms with Crippen LogP contribution in [0.1, 0.15) is 42.1 Å². The van der Waals surface area contributed by atoms with E-state index in [1.54, 1.807) is 0 Å². The molecule has 0 aliphatic heterocycles. The summed E-state index contributed by atoms with van der Waals surface area (Å²) >= 11 is 0. The Balaban J connectivity index is 1.61. The molecule has 0 spiro atoms. The summed E-state index contributed by atoms with van der Waals surface area (Å²) in [5, 5.41) is 6.09. The fourth-order valence-electron chi connectivity index (χ4n) is 2.93. The molecule has 0 saturated carbocycles. The van der Waals surface area contributed by atoms with Crippen molar-refractivity contribution in [1.82, 2.24) is 10.6 Å². The molecular formula is C18H20N2O. The fraction of sp³-hybridized carbons (Fsp3) is 0.278. The van der Waals surface area contributed by atoms with E-state index in [4.69, 9.17) is 0 Å². The molecule has 0 radical (unpaired) electrons. The van der Waals surface area contributed by atoms with Crippen molar-refractivity contribution in [3.05, 3.63) is 71.3 Å². The van der Waals surface area contributed by atoms with Crippen LogP contribution in [0, 0.1) is 0 Å². The first-order valence-electron chi connectivity index (χ1n) is 7.44. The molecule has 2 aromatic carbocycles. The molecule has 21 heavy (non-hydrogen) atoms. The van der Waals surface area contributed by atoms with Gasteiger partial charge in [-0.2, -0.15) is 0 Å². The van der Waals surface area contributed by atoms with Crippen molar-refractivity contribution in [2.75, 3.05) is 0 Å². The molecule has 0 saturated heterocycles. The summed E-state index contributed by atoms with van der Waals surface area (Å²) in [5.74, 6) is 0. The van der Waals surface area contributed by atoms with E-state index < -0.39 is 0 Å². The van der Waals surface area contributed by atoms with E-state index in [-0.39, 0.29) is 18.1 Å². The highest BCUT2D eigenvalue weighted by Crippen LogP contribution is 2.30. The van der Waals surface area contributed by atoms with Crippen LogP contribution in [0.2, 0.25) is 0 Å². The number of rotatable bonds is 3. The van der Waals surface area contributed by atoms with Gasteiger partial charge in [0.15, 0.2) is 0 Å². The number of amides is 2. The molecule has 0 fully saturated rings. The van der Waals surface area contributed by atoms with Gasteiger partial charge in [-0.25, -0.2) is 4.79 Å². The topological polar surface area (TPSA) is 41.1 Å². The van der Waals surface area contributed by atoms with E-state index in [0.717, 1.165) is 18.4 Å². The summed E-state index contributed by atoms with van der Waals surface area (Å²) in [6.45, 7) is 2.00. The predicted octanol–water partition coefficient (Wildman–Crippen LogP) is 3.73. The molecule has 1 aliphatic carbocycles. The largest absolute Gasteiger partial charge is 0.332 e. The van der Waals surface area contributed by atoms with E-state index in [1.165, 1.54) is 11.1 Å². The minimum absolute atomic E-state index is 0.00264. The highest BCUT2D eigenvalue weighted by atomic mass is 16.2. The van der Waals surface area contributed by atoms with Gasteiger partial charge >= 0.3 is 6.03 Å². The lowest BCUT2D eigenvalue weighted by molar-refractivity contribution is 0.234. The second kappa shape index (κ2) is 6.00. The van der Waals surface area contributed by atoms with Gasteiger partial charge in [-0.3, -0.25) is 0 Å². The molecule has 0 aromatic heterocycles. The molecule has 3 nitrogen and oxygen atoms in total. The first-order valence-corrected chi connectivity index (χ1v) is 7.44. The van der Waals surface area contributed by atoms with Crippen molar-refractivity contribution < 1.29 is 4.79 Å². The Morgan fingerprint density at radius 2 is 1.81 bits per heavy atom. The summed E-state index contributed by atoms with van der Waals surface area (Å²) in [4.78, 5) is 12.2. The van der Waals surface area contributed by atoms with Crippen LogP contribution in [0.5, 0.6) is 0 Å². The van der Waals surface area contributed by atoms with Crippen LogP contribution in [0.15, 0.2) is 54.6 Å². The molecule has 2 atom stereocenters. The molecule has 2 aromatic rings. The van der Waals surface area contributed by atoms with Gasteiger partial charge in [-0.15, -0.1) is 0 Å². The van der Waals surface area contributed by atoms with Gasteiger partial charge in [-0.1, -0.05) is 54.6 Å². The number of nitrogens with one attached hydrogen (secondary N) is 2. The van der Waals surface area contributed by atoms with Crippen LogP contribution in [-0.4, -0.2) is 6.03 Å². The second-order valence-electron chi connectivity index (χ2n) is 5.54. The molecule has 2 unspecified atom stereocenters. The molecule has 3 heteroatoms. The third kappa shape index (κ3) is 3.07. The van der Waals surface area contributed by atoms with Crippen molar-refractivity contribution in [1.29, 1.82) is 0 Å². The van der Waals surface area contributed by atoms with Crippen LogP contribution in [0.4, 0.5) is 4.79 Å². The number of carbonyl (C=O) groups excluding carboxylic acids is 1. The first-order chi connectivity index (χ1) is 10.2. The van der Waals surface area contributed by atoms with E-state index in [1.807, 2.05) is 43.3 Å². The number of hydrogen-bond acceptors (Lipinski definition) is 1. The molecule has 2 amide bonds. The van der Waals surface area contributed by atoms with Gasteiger partial charge in [0.1, 0.15) is 0 Å². The van der Waals surface area contributed by atoms with Crippen LogP contribution >= 0.6 is 0 Å². The molecule has 0 bridgehead atoms. The first kappa shape index (κ1) is 13.7. The molecule has 1 aliphatic rings. The quantitative estimate of drug-likeness (QED) is 0.883. The summed E-state index contributed by atoms with van der Waals surface area (Å²) in [5.41, 5.74) is 3.71. The zero-order valence-corrected chi connectivity index (χ0v) is 12.2. The van der Waals surface area contributed by atoms with Crippen LogP contribution < -0.4 is 10.6 Å². The lowest BCUT2D eigenvalue weighted by atomic mass is 10.1. The van der Waals surface area contributed by atoms with Gasteiger partial charge in [-0.05, 0) is 36.5 Å². The number of aryl methyl sites for hydroxylation is 1.